The lowest BCUT2D eigenvalue weighted by Gasteiger charge is -2.07. The second-order valence-corrected chi connectivity index (χ2v) is 8.70. The second kappa shape index (κ2) is 12.8. The number of aromatic nitrogens is 1. The first-order chi connectivity index (χ1) is 19.0. The van der Waals surface area contributed by atoms with Crippen LogP contribution in [0, 0.1) is 30.3 Å². The fourth-order valence-corrected chi connectivity index (χ4v) is 3.76. The molecule has 202 valence electrons. The van der Waals surface area contributed by atoms with Crippen LogP contribution in [0.2, 0.25) is 0 Å². The van der Waals surface area contributed by atoms with Crippen molar-refractivity contribution in [2.75, 3.05) is 5.73 Å². The maximum absolute atomic E-state index is 11.4. The molecule has 0 spiro atoms. The first-order valence-electron chi connectivity index (χ1n) is 11.1. The molecule has 0 bridgehead atoms. The summed E-state index contributed by atoms with van der Waals surface area (Å²) in [6.45, 7) is 0. The Morgan fingerprint density at radius 2 is 1.15 bits per heavy atom. The van der Waals surface area contributed by atoms with Gasteiger partial charge in [-0.25, -0.2) is 9.78 Å². The Bertz CT molecular complexity index is 1590. The lowest BCUT2D eigenvalue weighted by Crippen LogP contribution is -1.99. The van der Waals surface area contributed by atoms with Crippen LogP contribution in [-0.2, 0) is 0 Å². The van der Waals surface area contributed by atoms with E-state index in [0.29, 0.717) is 29.4 Å². The van der Waals surface area contributed by atoms with Gasteiger partial charge in [0.15, 0.2) is 0 Å². The number of aromatic carboxylic acids is 1. The van der Waals surface area contributed by atoms with Crippen LogP contribution in [0.1, 0.15) is 10.4 Å². The number of nitro benzene ring substituents is 3. The second-order valence-electron chi connectivity index (χ2n) is 7.89. The first kappa shape index (κ1) is 29.1. The highest BCUT2D eigenvalue weighted by Crippen LogP contribution is 2.28. The number of hydrogen-bond acceptors (Lipinski definition) is 9. The molecule has 0 aliphatic carbocycles. The lowest BCUT2D eigenvalue weighted by atomic mass is 9.97. The van der Waals surface area contributed by atoms with Gasteiger partial charge in [-0.1, -0.05) is 48.5 Å². The molecule has 14 heteroatoms. The van der Waals surface area contributed by atoms with Gasteiger partial charge in [-0.2, -0.15) is 0 Å². The van der Waals surface area contributed by atoms with Crippen LogP contribution in [0.3, 0.4) is 0 Å². The standard InChI is InChI=1S/C15H10O2.C6H3N3O6.C5H5BrN2/c16-15(17)14-12-7-3-1-5-10(12)9-11-6-2-4-8-13(11)14;10-7(11)4-1-5(8(12)13)3-6(2-4)9(14)15;6-5-2-1-4(7)3-8-5/h1-9H,(H,16,17);1-3H;1-3H,7H2. The summed E-state index contributed by atoms with van der Waals surface area (Å²) < 4.78 is 0.812. The highest BCUT2D eigenvalue weighted by molar-refractivity contribution is 9.10. The van der Waals surface area contributed by atoms with Gasteiger partial charge in [0.1, 0.15) is 4.60 Å². The highest BCUT2D eigenvalue weighted by atomic mass is 79.9. The molecule has 13 nitrogen and oxygen atoms in total. The van der Waals surface area contributed by atoms with Crippen LogP contribution < -0.4 is 5.73 Å². The normalized spacial score (nSPS) is 10.0. The number of hydrogen-bond donors (Lipinski definition) is 2. The van der Waals surface area contributed by atoms with E-state index >= 15 is 0 Å². The van der Waals surface area contributed by atoms with E-state index in [2.05, 4.69) is 20.9 Å². The number of fused-ring (bicyclic) bond motifs is 2. The van der Waals surface area contributed by atoms with E-state index in [1.165, 1.54) is 0 Å². The zero-order chi connectivity index (χ0) is 29.4. The maximum atomic E-state index is 11.4. The Morgan fingerprint density at radius 1 is 0.725 bits per heavy atom. The number of carboxylic acid groups (broad SMARTS) is 1. The molecule has 5 aromatic rings. The Balaban J connectivity index is 0.000000176. The van der Waals surface area contributed by atoms with Gasteiger partial charge < -0.3 is 10.8 Å². The summed E-state index contributed by atoms with van der Waals surface area (Å²) in [5, 5.41) is 43.8. The fourth-order valence-electron chi connectivity index (χ4n) is 3.53. The van der Waals surface area contributed by atoms with E-state index in [9.17, 15) is 40.2 Å². The zero-order valence-electron chi connectivity index (χ0n) is 20.2. The fraction of sp³-hybridized carbons (Fsp3) is 0. The number of nitrogen functional groups attached to an aromatic ring is 1. The van der Waals surface area contributed by atoms with Gasteiger partial charge in [0, 0.05) is 0 Å². The molecule has 0 saturated carbocycles. The lowest BCUT2D eigenvalue weighted by molar-refractivity contribution is -0.403. The quantitative estimate of drug-likeness (QED) is 0.0976. The molecular formula is C26H18BrN5O8. The highest BCUT2D eigenvalue weighted by Gasteiger charge is 2.21. The molecule has 0 saturated heterocycles. The minimum absolute atomic E-state index is 0.388. The van der Waals surface area contributed by atoms with Crippen molar-refractivity contribution >= 4 is 66.2 Å². The summed E-state index contributed by atoms with van der Waals surface area (Å²) >= 11 is 3.18. The van der Waals surface area contributed by atoms with Crippen molar-refractivity contribution in [1.29, 1.82) is 0 Å². The Hall–Kier alpha value is -5.50. The minimum Gasteiger partial charge on any atom is -0.478 e. The number of carboxylic acids is 1. The zero-order valence-corrected chi connectivity index (χ0v) is 21.8. The summed E-state index contributed by atoms with van der Waals surface area (Å²) in [6.07, 6.45) is 1.60. The SMILES string of the molecule is Nc1ccc(Br)nc1.O=C(O)c1c2ccccc2cc2ccccc12.O=[N+]([O-])c1cc([N+](=O)[O-])cc([N+](=O)[O-])c1. The monoisotopic (exact) mass is 607 g/mol. The predicted molar refractivity (Wildman–Crippen MR) is 151 cm³/mol. The summed E-state index contributed by atoms with van der Waals surface area (Å²) in [4.78, 5) is 43.4. The predicted octanol–water partition coefficient (Wildman–Crippen LogP) is 6.53. The third kappa shape index (κ3) is 7.29. The Morgan fingerprint density at radius 3 is 1.48 bits per heavy atom. The largest absolute Gasteiger partial charge is 0.478 e. The number of nitrogens with two attached hydrogens (primary N) is 1. The molecule has 0 aliphatic rings. The number of nitrogens with zero attached hydrogens (tertiary/aromatic N) is 4. The molecule has 0 atom stereocenters. The molecule has 3 N–H and O–H groups in total. The van der Waals surface area contributed by atoms with Gasteiger partial charge in [0.05, 0.1) is 50.4 Å². The number of non-ortho nitro benzene ring substituents is 3. The molecule has 0 radical (unpaired) electrons. The smallest absolute Gasteiger partial charge is 0.336 e. The molecular weight excluding hydrogens is 590 g/mol. The van der Waals surface area contributed by atoms with Gasteiger partial charge in [0.2, 0.25) is 0 Å². The van der Waals surface area contributed by atoms with Crippen molar-refractivity contribution in [1.82, 2.24) is 4.98 Å². The van der Waals surface area contributed by atoms with Gasteiger partial charge in [-0.15, -0.1) is 0 Å². The average Bonchev–Trinajstić information content (AvgIpc) is 2.93. The first-order valence-corrected chi connectivity index (χ1v) is 11.9. The molecule has 1 aromatic heterocycles. The van der Waals surface area contributed by atoms with E-state index in [0.717, 1.165) is 26.1 Å². The van der Waals surface area contributed by atoms with Gasteiger partial charge in [0.25, 0.3) is 17.1 Å². The average molecular weight is 608 g/mol. The van der Waals surface area contributed by atoms with Crippen molar-refractivity contribution in [3.8, 4) is 0 Å². The van der Waals surface area contributed by atoms with Crippen LogP contribution in [0.15, 0.2) is 95.7 Å². The number of pyridine rings is 1. The number of rotatable bonds is 4. The van der Waals surface area contributed by atoms with E-state index < -0.39 is 37.8 Å². The van der Waals surface area contributed by atoms with E-state index in [4.69, 9.17) is 5.73 Å². The summed E-state index contributed by atoms with van der Waals surface area (Å²) in [7, 11) is 0. The molecule has 1 heterocycles. The number of carbonyl (C=O) groups is 1. The minimum atomic E-state index is -0.931. The van der Waals surface area contributed by atoms with Crippen LogP contribution in [-0.4, -0.2) is 30.8 Å². The van der Waals surface area contributed by atoms with Crippen molar-refractivity contribution in [3.63, 3.8) is 0 Å². The summed E-state index contributed by atoms with van der Waals surface area (Å²) in [6, 6.07) is 22.7. The van der Waals surface area contributed by atoms with Crippen molar-refractivity contribution in [2.45, 2.75) is 0 Å². The van der Waals surface area contributed by atoms with Gasteiger partial charge in [-0.05, 0) is 55.7 Å². The van der Waals surface area contributed by atoms with E-state index in [-0.39, 0.29) is 0 Å². The Labute approximate surface area is 233 Å². The molecule has 0 unspecified atom stereocenters. The van der Waals surface area contributed by atoms with Crippen molar-refractivity contribution in [2.24, 2.45) is 0 Å². The van der Waals surface area contributed by atoms with Crippen LogP contribution >= 0.6 is 15.9 Å². The Kier molecular flexibility index (Phi) is 9.33. The molecule has 0 aliphatic heterocycles. The summed E-state index contributed by atoms with van der Waals surface area (Å²) in [5.41, 5.74) is 4.37. The molecule has 5 rings (SSSR count). The number of anilines is 1. The van der Waals surface area contributed by atoms with Crippen LogP contribution in [0.25, 0.3) is 21.5 Å². The number of nitro groups is 3. The number of benzene rings is 4. The van der Waals surface area contributed by atoms with E-state index in [1.54, 1.807) is 18.3 Å². The topological polar surface area (TPSA) is 206 Å². The van der Waals surface area contributed by atoms with Gasteiger partial charge >= 0.3 is 5.97 Å². The molecule has 0 amide bonds. The third-order valence-corrected chi connectivity index (χ3v) is 5.72. The number of halogens is 1. The molecule has 40 heavy (non-hydrogen) atoms. The van der Waals surface area contributed by atoms with E-state index in [1.807, 2.05) is 54.6 Å². The molecule has 0 fully saturated rings. The van der Waals surface area contributed by atoms with Crippen LogP contribution in [0.4, 0.5) is 22.7 Å². The molecule has 4 aromatic carbocycles. The third-order valence-electron chi connectivity index (χ3n) is 5.26. The van der Waals surface area contributed by atoms with Crippen molar-refractivity contribution < 1.29 is 24.7 Å². The maximum Gasteiger partial charge on any atom is 0.336 e. The van der Waals surface area contributed by atoms with Gasteiger partial charge in [-0.3, -0.25) is 30.3 Å². The van der Waals surface area contributed by atoms with Crippen LogP contribution in [0.5, 0.6) is 0 Å². The van der Waals surface area contributed by atoms with Crippen molar-refractivity contribution in [3.05, 3.63) is 132 Å². The summed E-state index contributed by atoms with van der Waals surface area (Å²) in [5.74, 6) is -0.877.